The molecule has 0 atom stereocenters. The van der Waals surface area contributed by atoms with Crippen LogP contribution in [0.5, 0.6) is 0 Å². The molecular formula is C13H17N. The maximum atomic E-state index is 8.84. The Bertz CT molecular complexity index is 276. The summed E-state index contributed by atoms with van der Waals surface area (Å²) in [4.78, 5) is 0. The number of hydrogen-bond donors (Lipinski definition) is 0. The molecule has 14 heavy (non-hydrogen) atoms. The highest BCUT2D eigenvalue weighted by Gasteiger charge is 1.93. The zero-order chi connectivity index (χ0) is 10.1. The third-order valence-electron chi connectivity index (χ3n) is 2.28. The van der Waals surface area contributed by atoms with Crippen molar-refractivity contribution in [1.29, 1.82) is 5.26 Å². The SMILES string of the molecule is N#C/C1=C/CC/C=C\CC/C=C\CC1. The van der Waals surface area contributed by atoms with Gasteiger partial charge in [0, 0.05) is 5.57 Å². The van der Waals surface area contributed by atoms with Crippen molar-refractivity contribution < 1.29 is 0 Å². The molecule has 1 heteroatoms. The molecule has 0 unspecified atom stereocenters. The monoisotopic (exact) mass is 187 g/mol. The topological polar surface area (TPSA) is 23.8 Å². The van der Waals surface area contributed by atoms with Crippen molar-refractivity contribution in [3.8, 4) is 6.07 Å². The molecule has 74 valence electrons. The first-order chi connectivity index (χ1) is 6.93. The molecule has 0 aromatic rings. The summed E-state index contributed by atoms with van der Waals surface area (Å²) in [5, 5.41) is 8.84. The predicted octanol–water partition coefficient (Wildman–Crippen LogP) is 3.90. The van der Waals surface area contributed by atoms with E-state index in [2.05, 4.69) is 36.4 Å². The van der Waals surface area contributed by atoms with Crippen molar-refractivity contribution in [2.24, 2.45) is 0 Å². The molecule has 0 saturated heterocycles. The molecule has 0 aromatic heterocycles. The molecule has 0 heterocycles. The lowest BCUT2D eigenvalue weighted by atomic mass is 10.1. The standard InChI is InChI=1S/C13H17N/c14-12-13-10-8-6-4-2-1-3-5-7-9-11-13/h2,4-5,7,10H,1,3,6,8-9,11H2/b4-2-,7-5-,13-10+. The molecule has 1 nitrogen and oxygen atoms in total. The van der Waals surface area contributed by atoms with E-state index in [1.54, 1.807) is 0 Å². The molecule has 0 radical (unpaired) electrons. The highest BCUT2D eigenvalue weighted by Crippen LogP contribution is 2.09. The van der Waals surface area contributed by atoms with Crippen LogP contribution in [-0.4, -0.2) is 0 Å². The smallest absolute Gasteiger partial charge is 0.0943 e. The van der Waals surface area contributed by atoms with E-state index in [1.807, 2.05) is 0 Å². The van der Waals surface area contributed by atoms with Crippen LogP contribution in [0.3, 0.4) is 0 Å². The summed E-state index contributed by atoms with van der Waals surface area (Å²) in [5.74, 6) is 0. The van der Waals surface area contributed by atoms with E-state index in [0.29, 0.717) is 0 Å². The normalized spacial score (nSPS) is 27.2. The van der Waals surface area contributed by atoms with E-state index >= 15 is 0 Å². The van der Waals surface area contributed by atoms with Crippen molar-refractivity contribution >= 4 is 0 Å². The third-order valence-corrected chi connectivity index (χ3v) is 2.28. The fourth-order valence-corrected chi connectivity index (χ4v) is 1.46. The Hall–Kier alpha value is -1.29. The summed E-state index contributed by atoms with van der Waals surface area (Å²) in [6.07, 6.45) is 17.1. The van der Waals surface area contributed by atoms with Crippen LogP contribution in [-0.2, 0) is 0 Å². The molecule has 0 N–H and O–H groups in total. The van der Waals surface area contributed by atoms with Crippen LogP contribution in [0.25, 0.3) is 0 Å². The Kier molecular flexibility index (Phi) is 5.51. The van der Waals surface area contributed by atoms with E-state index in [4.69, 9.17) is 5.26 Å². The van der Waals surface area contributed by atoms with E-state index in [0.717, 1.165) is 44.1 Å². The van der Waals surface area contributed by atoms with Crippen molar-refractivity contribution in [3.05, 3.63) is 36.0 Å². The average molecular weight is 187 g/mol. The van der Waals surface area contributed by atoms with Crippen LogP contribution >= 0.6 is 0 Å². The van der Waals surface area contributed by atoms with E-state index < -0.39 is 0 Å². The van der Waals surface area contributed by atoms with E-state index in [1.165, 1.54) is 0 Å². The zero-order valence-corrected chi connectivity index (χ0v) is 8.58. The lowest BCUT2D eigenvalue weighted by molar-refractivity contribution is 0.941. The van der Waals surface area contributed by atoms with E-state index in [9.17, 15) is 0 Å². The first-order valence-electron chi connectivity index (χ1n) is 5.32. The molecule has 1 aliphatic rings. The van der Waals surface area contributed by atoms with E-state index in [-0.39, 0.29) is 0 Å². The molecule has 1 aliphatic carbocycles. The summed E-state index contributed by atoms with van der Waals surface area (Å²) >= 11 is 0. The van der Waals surface area contributed by atoms with Gasteiger partial charge in [0.2, 0.25) is 0 Å². The summed E-state index contributed by atoms with van der Waals surface area (Å²) in [6, 6.07) is 2.26. The Morgan fingerprint density at radius 3 is 2.07 bits per heavy atom. The number of nitriles is 1. The van der Waals surface area contributed by atoms with Crippen LogP contribution in [0.15, 0.2) is 36.0 Å². The van der Waals surface area contributed by atoms with Gasteiger partial charge >= 0.3 is 0 Å². The maximum Gasteiger partial charge on any atom is 0.0943 e. The molecule has 0 saturated carbocycles. The lowest BCUT2D eigenvalue weighted by Crippen LogP contribution is -1.80. The Labute approximate surface area is 86.4 Å². The molecular weight excluding hydrogens is 170 g/mol. The number of hydrogen-bond acceptors (Lipinski definition) is 1. The van der Waals surface area contributed by atoms with Crippen LogP contribution in [0.4, 0.5) is 0 Å². The van der Waals surface area contributed by atoms with Crippen LogP contribution in [0.1, 0.15) is 38.5 Å². The Morgan fingerprint density at radius 2 is 1.43 bits per heavy atom. The van der Waals surface area contributed by atoms with Crippen molar-refractivity contribution in [2.45, 2.75) is 38.5 Å². The number of rotatable bonds is 0. The van der Waals surface area contributed by atoms with Gasteiger partial charge in [-0.15, -0.1) is 0 Å². The fraction of sp³-hybridized carbons (Fsp3) is 0.462. The van der Waals surface area contributed by atoms with Crippen LogP contribution < -0.4 is 0 Å². The van der Waals surface area contributed by atoms with Gasteiger partial charge in [-0.3, -0.25) is 0 Å². The van der Waals surface area contributed by atoms with Gasteiger partial charge in [0.25, 0.3) is 0 Å². The Morgan fingerprint density at radius 1 is 0.857 bits per heavy atom. The highest BCUT2D eigenvalue weighted by molar-refractivity contribution is 5.21. The maximum absolute atomic E-state index is 8.84. The first-order valence-corrected chi connectivity index (χ1v) is 5.32. The molecule has 0 amide bonds. The summed E-state index contributed by atoms with van der Waals surface area (Å²) in [7, 11) is 0. The van der Waals surface area contributed by atoms with Gasteiger partial charge in [0.1, 0.15) is 0 Å². The van der Waals surface area contributed by atoms with Gasteiger partial charge < -0.3 is 0 Å². The number of allylic oxidation sites excluding steroid dienone is 6. The van der Waals surface area contributed by atoms with Crippen LogP contribution in [0, 0.1) is 11.3 Å². The predicted molar refractivity (Wildman–Crippen MR) is 59.7 cm³/mol. The van der Waals surface area contributed by atoms with Crippen LogP contribution in [0.2, 0.25) is 0 Å². The second kappa shape index (κ2) is 7.15. The van der Waals surface area contributed by atoms with Crippen molar-refractivity contribution in [2.75, 3.05) is 0 Å². The third kappa shape index (κ3) is 4.67. The minimum Gasteiger partial charge on any atom is -0.193 e. The zero-order valence-electron chi connectivity index (χ0n) is 8.58. The number of nitrogens with zero attached hydrogens (tertiary/aromatic N) is 1. The summed E-state index contributed by atoms with van der Waals surface area (Å²) in [6.45, 7) is 0. The van der Waals surface area contributed by atoms with Gasteiger partial charge in [0.05, 0.1) is 6.07 Å². The molecule has 0 bridgehead atoms. The van der Waals surface area contributed by atoms with Gasteiger partial charge in [-0.25, -0.2) is 0 Å². The summed E-state index contributed by atoms with van der Waals surface area (Å²) < 4.78 is 0. The van der Waals surface area contributed by atoms with Gasteiger partial charge in [0.15, 0.2) is 0 Å². The Balaban J connectivity index is 2.52. The van der Waals surface area contributed by atoms with Gasteiger partial charge in [-0.1, -0.05) is 30.4 Å². The van der Waals surface area contributed by atoms with Gasteiger partial charge in [-0.05, 0) is 38.5 Å². The minimum absolute atomic E-state index is 0.900. The molecule has 1 rings (SSSR count). The lowest BCUT2D eigenvalue weighted by Gasteiger charge is -1.96. The highest BCUT2D eigenvalue weighted by atomic mass is 14.2. The fourth-order valence-electron chi connectivity index (χ4n) is 1.46. The minimum atomic E-state index is 0.900. The first kappa shape index (κ1) is 10.8. The molecule has 0 aliphatic heterocycles. The molecule has 0 aromatic carbocycles. The second-order valence-electron chi connectivity index (χ2n) is 3.48. The summed E-state index contributed by atoms with van der Waals surface area (Å²) in [5.41, 5.74) is 0.934. The quantitative estimate of drug-likeness (QED) is 0.527. The average Bonchev–Trinajstić information content (AvgIpc) is 2.19. The van der Waals surface area contributed by atoms with Crippen molar-refractivity contribution in [3.63, 3.8) is 0 Å². The van der Waals surface area contributed by atoms with Crippen molar-refractivity contribution in [1.82, 2.24) is 0 Å². The van der Waals surface area contributed by atoms with Gasteiger partial charge in [-0.2, -0.15) is 5.26 Å². The molecule has 0 fully saturated rings. The second-order valence-corrected chi connectivity index (χ2v) is 3.48. The largest absolute Gasteiger partial charge is 0.193 e. The molecule has 0 spiro atoms.